The average molecular weight is 873 g/mol. The fourth-order valence-corrected chi connectivity index (χ4v) is 7.68. The molecule has 2 aromatic heterocycles. The number of furan rings is 2. The van der Waals surface area contributed by atoms with E-state index in [1.165, 1.54) is 11.9 Å². The Labute approximate surface area is 374 Å². The van der Waals surface area contributed by atoms with Crippen molar-refractivity contribution in [3.63, 3.8) is 0 Å². The molecule has 338 valence electrons. The van der Waals surface area contributed by atoms with Crippen LogP contribution in [0.15, 0.2) is 106 Å². The van der Waals surface area contributed by atoms with Crippen LogP contribution in [0.5, 0.6) is 0 Å². The van der Waals surface area contributed by atoms with Crippen molar-refractivity contribution in [2.24, 2.45) is 5.73 Å². The molecule has 0 bridgehead atoms. The van der Waals surface area contributed by atoms with E-state index in [9.17, 15) is 19.2 Å². The second-order valence-electron chi connectivity index (χ2n) is 17.9. The molecule has 4 aromatic carbocycles. The van der Waals surface area contributed by atoms with E-state index in [4.69, 9.17) is 29.8 Å². The van der Waals surface area contributed by atoms with Gasteiger partial charge in [0.05, 0.1) is 6.04 Å². The first-order valence-electron chi connectivity index (χ1n) is 21.6. The second kappa shape index (κ2) is 19.7. The number of nitrogens with zero attached hydrogens (tertiary/aromatic N) is 2. The highest BCUT2D eigenvalue weighted by atomic mass is 16.6. The topological polar surface area (TPSA) is 210 Å². The van der Waals surface area contributed by atoms with Crippen LogP contribution in [0, 0.1) is 0 Å². The van der Waals surface area contributed by atoms with E-state index >= 15 is 0 Å². The summed E-state index contributed by atoms with van der Waals surface area (Å²) in [6.07, 6.45) is 2.01. The standard InChI is InChI=1S/C35H43N3O7.C14H12N2O.CH5N/c1-34(2,3)44-32(41)37-17-7-9-26(37)28(39)20-22-11-16-29-24(19-22)21-30(43-29)23-12-14-25(15-13-23)36-31(40)27-10-8-18-38(27)33(42)45-35(4,5)6;15-11-3-1-9(2-4-11)14-8-10-7-12(16)5-6-13(10)17-14;1-2/h11-16,19,21,26-27H,7-10,17-18,20H2,1-6H3,(H,36,40);1-8H,15-16H2;2H2,1H3/t26-,27-;;/m0../s1. The third-order valence-corrected chi connectivity index (χ3v) is 10.6. The number of amides is 3. The van der Waals surface area contributed by atoms with Crippen molar-refractivity contribution in [3.05, 3.63) is 103 Å². The molecular weight excluding hydrogens is 813 g/mol. The summed E-state index contributed by atoms with van der Waals surface area (Å²) in [4.78, 5) is 54.6. The smallest absolute Gasteiger partial charge is 0.410 e. The third kappa shape index (κ3) is 11.8. The lowest BCUT2D eigenvalue weighted by atomic mass is 10.0. The predicted octanol–water partition coefficient (Wildman–Crippen LogP) is 9.79. The number of benzene rings is 4. The second-order valence-corrected chi connectivity index (χ2v) is 17.9. The zero-order valence-electron chi connectivity index (χ0n) is 37.7. The SMILES string of the molecule is CC(C)(C)OC(=O)N1CCC[C@H]1C(=O)Cc1ccc2oc(-c3ccc(NC(=O)[C@@H]4CCCN4C(=O)OC(C)(C)C)cc3)cc2c1.CN.Nc1ccc(-c2cc3cc(N)ccc3o2)cc1. The Balaban J connectivity index is 0.000000296. The Morgan fingerprint density at radius 3 is 1.64 bits per heavy atom. The molecule has 0 radical (unpaired) electrons. The summed E-state index contributed by atoms with van der Waals surface area (Å²) < 4.78 is 22.8. The monoisotopic (exact) mass is 872 g/mol. The van der Waals surface area contributed by atoms with Crippen LogP contribution in [-0.2, 0) is 25.5 Å². The van der Waals surface area contributed by atoms with Crippen LogP contribution in [0.4, 0.5) is 26.7 Å². The zero-order chi connectivity index (χ0) is 46.3. The third-order valence-electron chi connectivity index (χ3n) is 10.6. The van der Waals surface area contributed by atoms with Gasteiger partial charge in [0.1, 0.15) is 39.9 Å². The van der Waals surface area contributed by atoms with Crippen LogP contribution in [0.1, 0.15) is 72.8 Å². The number of Topliss-reactive ketones (excluding diaryl/α,β-unsaturated/α-hetero) is 1. The molecule has 6 aromatic rings. The normalized spacial score (nSPS) is 16.1. The highest BCUT2D eigenvalue weighted by molar-refractivity contribution is 5.97. The first kappa shape index (κ1) is 46.7. The molecule has 2 aliphatic rings. The summed E-state index contributed by atoms with van der Waals surface area (Å²) in [5.41, 5.74) is 21.0. The Hall–Kier alpha value is -6.80. The number of fused-ring (bicyclic) bond motifs is 2. The summed E-state index contributed by atoms with van der Waals surface area (Å²) in [5.74, 6) is 1.23. The molecule has 0 spiro atoms. The van der Waals surface area contributed by atoms with Crippen molar-refractivity contribution < 1.29 is 37.5 Å². The predicted molar refractivity (Wildman–Crippen MR) is 252 cm³/mol. The number of nitrogens with one attached hydrogen (secondary N) is 1. The summed E-state index contributed by atoms with van der Waals surface area (Å²) >= 11 is 0. The lowest BCUT2D eigenvalue weighted by Gasteiger charge is -2.28. The van der Waals surface area contributed by atoms with Crippen LogP contribution in [-0.4, -0.2) is 77.1 Å². The van der Waals surface area contributed by atoms with Gasteiger partial charge < -0.3 is 40.8 Å². The molecule has 14 heteroatoms. The summed E-state index contributed by atoms with van der Waals surface area (Å²) in [7, 11) is 1.50. The summed E-state index contributed by atoms with van der Waals surface area (Å²) in [5, 5.41) is 4.80. The Bertz CT molecular complexity index is 2580. The maximum absolute atomic E-state index is 13.2. The number of ketones is 1. The van der Waals surface area contributed by atoms with Gasteiger partial charge in [0.25, 0.3) is 0 Å². The molecule has 3 amide bonds. The van der Waals surface area contributed by atoms with Crippen LogP contribution >= 0.6 is 0 Å². The van der Waals surface area contributed by atoms with Gasteiger partial charge in [0.2, 0.25) is 5.91 Å². The van der Waals surface area contributed by atoms with Crippen molar-refractivity contribution in [2.45, 2.75) is 96.9 Å². The number of carbonyl (C=O) groups excluding carboxylic acids is 4. The van der Waals surface area contributed by atoms with E-state index in [1.807, 2.05) is 106 Å². The van der Waals surface area contributed by atoms with E-state index in [1.54, 1.807) is 37.8 Å². The number of likely N-dealkylation sites (tertiary alicyclic amines) is 2. The molecule has 2 saturated heterocycles. The molecule has 2 atom stereocenters. The zero-order valence-corrected chi connectivity index (χ0v) is 37.7. The summed E-state index contributed by atoms with van der Waals surface area (Å²) in [6, 6.07) is 29.1. The van der Waals surface area contributed by atoms with Gasteiger partial charge in [-0.2, -0.15) is 0 Å². The highest BCUT2D eigenvalue weighted by Gasteiger charge is 2.38. The molecular formula is C50H60N6O8. The maximum Gasteiger partial charge on any atom is 0.410 e. The fraction of sp³-hybridized carbons (Fsp3) is 0.360. The Kier molecular flexibility index (Phi) is 14.4. The van der Waals surface area contributed by atoms with Gasteiger partial charge in [0.15, 0.2) is 5.78 Å². The van der Waals surface area contributed by atoms with Crippen LogP contribution < -0.4 is 22.5 Å². The van der Waals surface area contributed by atoms with Crippen molar-refractivity contribution in [1.29, 1.82) is 0 Å². The van der Waals surface area contributed by atoms with Gasteiger partial charge in [-0.15, -0.1) is 0 Å². The minimum absolute atomic E-state index is 0.00844. The molecule has 0 aliphatic carbocycles. The van der Waals surface area contributed by atoms with Crippen molar-refractivity contribution in [1.82, 2.24) is 9.80 Å². The number of rotatable bonds is 7. The first-order chi connectivity index (χ1) is 30.4. The lowest BCUT2D eigenvalue weighted by Crippen LogP contribution is -2.45. The van der Waals surface area contributed by atoms with E-state index in [0.29, 0.717) is 43.0 Å². The maximum atomic E-state index is 13.2. The minimum Gasteiger partial charge on any atom is -0.456 e. The van der Waals surface area contributed by atoms with Crippen LogP contribution in [0.2, 0.25) is 0 Å². The van der Waals surface area contributed by atoms with E-state index in [0.717, 1.165) is 63.0 Å². The molecule has 14 nitrogen and oxygen atoms in total. The Morgan fingerprint density at radius 1 is 0.625 bits per heavy atom. The van der Waals surface area contributed by atoms with Crippen LogP contribution in [0.25, 0.3) is 44.6 Å². The molecule has 8 rings (SSSR count). The Morgan fingerprint density at radius 2 is 1.09 bits per heavy atom. The largest absolute Gasteiger partial charge is 0.456 e. The minimum atomic E-state index is -0.632. The van der Waals surface area contributed by atoms with Gasteiger partial charge >= 0.3 is 12.2 Å². The van der Waals surface area contributed by atoms with E-state index in [-0.39, 0.29) is 18.1 Å². The molecule has 0 saturated carbocycles. The number of carbonyl (C=O) groups is 4. The van der Waals surface area contributed by atoms with Crippen molar-refractivity contribution >= 4 is 62.9 Å². The molecule has 0 unspecified atom stereocenters. The fourth-order valence-electron chi connectivity index (χ4n) is 7.68. The van der Waals surface area contributed by atoms with Crippen LogP contribution in [0.3, 0.4) is 0 Å². The highest BCUT2D eigenvalue weighted by Crippen LogP contribution is 2.32. The quantitative estimate of drug-likeness (QED) is 0.111. The van der Waals surface area contributed by atoms with E-state index in [2.05, 4.69) is 11.1 Å². The van der Waals surface area contributed by atoms with Gasteiger partial charge in [-0.3, -0.25) is 19.4 Å². The number of nitrogen functional groups attached to an aromatic ring is 2. The number of hydrogen-bond donors (Lipinski definition) is 4. The van der Waals surface area contributed by atoms with Crippen molar-refractivity contribution in [3.8, 4) is 22.6 Å². The van der Waals surface area contributed by atoms with Gasteiger partial charge in [-0.1, -0.05) is 6.07 Å². The lowest BCUT2D eigenvalue weighted by molar-refractivity contribution is -0.122. The van der Waals surface area contributed by atoms with Gasteiger partial charge in [-0.05, 0) is 171 Å². The first-order valence-corrected chi connectivity index (χ1v) is 21.6. The number of hydrogen-bond acceptors (Lipinski definition) is 11. The molecule has 4 heterocycles. The van der Waals surface area contributed by atoms with Gasteiger partial charge in [0, 0.05) is 58.5 Å². The van der Waals surface area contributed by atoms with Crippen molar-refractivity contribution in [2.75, 3.05) is 36.9 Å². The van der Waals surface area contributed by atoms with Gasteiger partial charge in [-0.25, -0.2) is 9.59 Å². The number of anilines is 3. The molecule has 2 fully saturated rings. The molecule has 7 N–H and O–H groups in total. The number of nitrogens with two attached hydrogens (primary N) is 3. The summed E-state index contributed by atoms with van der Waals surface area (Å²) in [6.45, 7) is 11.9. The average Bonchev–Trinajstić information content (AvgIpc) is 4.07. The number of ether oxygens (including phenoxy) is 2. The van der Waals surface area contributed by atoms with E-state index < -0.39 is 35.5 Å². The molecule has 2 aliphatic heterocycles. The molecule has 64 heavy (non-hydrogen) atoms.